The van der Waals surface area contributed by atoms with Crippen LogP contribution in [-0.4, -0.2) is 89.5 Å². The van der Waals surface area contributed by atoms with Crippen LogP contribution in [0.5, 0.6) is 0 Å². The van der Waals surface area contributed by atoms with Crippen LogP contribution < -0.4 is 0 Å². The maximum atomic E-state index is 15.3. The number of hydrogen-bond donors (Lipinski definition) is 0. The summed E-state index contributed by atoms with van der Waals surface area (Å²) in [5.74, 6) is -0.172. The van der Waals surface area contributed by atoms with Gasteiger partial charge in [-0.1, -0.05) is 19.9 Å². The highest BCUT2D eigenvalue weighted by Gasteiger charge is 2.36. The fourth-order valence-electron chi connectivity index (χ4n) is 6.68. The molecule has 10 heteroatoms. The van der Waals surface area contributed by atoms with Gasteiger partial charge in [0.25, 0.3) is 5.91 Å². The van der Waals surface area contributed by atoms with Crippen LogP contribution in [0.1, 0.15) is 61.3 Å². The Balaban J connectivity index is 1.32. The second-order valence-corrected chi connectivity index (χ2v) is 12.2. The van der Waals surface area contributed by atoms with E-state index in [1.165, 1.54) is 12.1 Å². The van der Waals surface area contributed by atoms with Gasteiger partial charge in [0.15, 0.2) is 6.29 Å². The molecule has 42 heavy (non-hydrogen) atoms. The molecular weight excluding hydrogens is 542 g/mol. The lowest BCUT2D eigenvalue weighted by molar-refractivity contribution is -0.0564. The topological polar surface area (TPSA) is 68.5 Å². The minimum Gasteiger partial charge on any atom is -0.377 e. The minimum absolute atomic E-state index is 0.111. The maximum absolute atomic E-state index is 15.3. The number of carbonyl (C=O) groups excluding carboxylic acids is 1. The summed E-state index contributed by atoms with van der Waals surface area (Å²) in [5, 5.41) is 0. The van der Waals surface area contributed by atoms with Gasteiger partial charge in [-0.15, -0.1) is 0 Å². The smallest absolute Gasteiger partial charge is 0.254 e. The van der Waals surface area contributed by atoms with E-state index in [0.717, 1.165) is 31.5 Å². The van der Waals surface area contributed by atoms with E-state index >= 15 is 4.39 Å². The van der Waals surface area contributed by atoms with Crippen molar-refractivity contribution >= 4 is 11.4 Å². The zero-order valence-corrected chi connectivity index (χ0v) is 24.8. The van der Waals surface area contributed by atoms with Gasteiger partial charge < -0.3 is 23.5 Å². The molecule has 6 rings (SSSR count). The van der Waals surface area contributed by atoms with Crippen LogP contribution in [0, 0.1) is 24.6 Å². The summed E-state index contributed by atoms with van der Waals surface area (Å²) >= 11 is 0. The number of imidazole rings is 1. The Morgan fingerprint density at radius 3 is 2.57 bits per heavy atom. The number of ether oxygens (including phenoxy) is 3. The first kappa shape index (κ1) is 29.2. The van der Waals surface area contributed by atoms with E-state index < -0.39 is 11.8 Å². The van der Waals surface area contributed by atoms with Gasteiger partial charge >= 0.3 is 0 Å². The summed E-state index contributed by atoms with van der Waals surface area (Å²) in [7, 11) is 0. The third-order valence-electron chi connectivity index (χ3n) is 9.03. The number of halogens is 2. The number of aromatic nitrogens is 2. The highest BCUT2D eigenvalue weighted by molar-refractivity contribution is 6.03. The van der Waals surface area contributed by atoms with Crippen LogP contribution in [0.2, 0.25) is 0 Å². The Bertz CT molecular complexity index is 1450. The lowest BCUT2D eigenvalue weighted by Gasteiger charge is -2.46. The van der Waals surface area contributed by atoms with Crippen molar-refractivity contribution < 1.29 is 27.8 Å². The van der Waals surface area contributed by atoms with E-state index in [1.54, 1.807) is 22.3 Å². The summed E-state index contributed by atoms with van der Waals surface area (Å²) in [6.45, 7) is 12.5. The SMILES string of the molecule is Cc1nc(F)c2c(-c3ccc(F)cc3C(=O)N3CCOC[C@H]3C)cc(C3CN([C@H](CCC4OCCO4)C(C)C)C3)cn12. The molecule has 8 nitrogen and oxygen atoms in total. The maximum Gasteiger partial charge on any atom is 0.254 e. The first-order valence-corrected chi connectivity index (χ1v) is 15.0. The quantitative estimate of drug-likeness (QED) is 0.372. The van der Waals surface area contributed by atoms with E-state index in [-0.39, 0.29) is 29.7 Å². The van der Waals surface area contributed by atoms with E-state index in [9.17, 15) is 9.18 Å². The largest absolute Gasteiger partial charge is 0.377 e. The Labute approximate surface area is 245 Å². The van der Waals surface area contributed by atoms with Crippen molar-refractivity contribution in [2.45, 2.75) is 64.8 Å². The fraction of sp³-hybridized carbons (Fsp3) is 0.562. The number of carbonyl (C=O) groups is 1. The molecule has 2 aromatic heterocycles. The van der Waals surface area contributed by atoms with E-state index in [4.69, 9.17) is 14.2 Å². The number of amides is 1. The molecular formula is C32H40F2N4O4. The third-order valence-corrected chi connectivity index (χ3v) is 9.03. The van der Waals surface area contributed by atoms with E-state index in [2.05, 4.69) is 23.7 Å². The van der Waals surface area contributed by atoms with Gasteiger partial charge in [-0.3, -0.25) is 9.69 Å². The Morgan fingerprint density at radius 1 is 1.10 bits per heavy atom. The highest BCUT2D eigenvalue weighted by atomic mass is 19.1. The van der Waals surface area contributed by atoms with E-state index in [1.807, 2.05) is 19.2 Å². The van der Waals surface area contributed by atoms with Crippen molar-refractivity contribution in [2.24, 2.45) is 5.92 Å². The lowest BCUT2D eigenvalue weighted by atomic mass is 9.85. The highest BCUT2D eigenvalue weighted by Crippen LogP contribution is 2.38. The molecule has 3 aromatic rings. The fourth-order valence-corrected chi connectivity index (χ4v) is 6.68. The molecule has 1 aromatic carbocycles. The number of pyridine rings is 1. The number of hydrogen-bond acceptors (Lipinski definition) is 6. The molecule has 3 fully saturated rings. The average Bonchev–Trinajstić information content (AvgIpc) is 3.56. The van der Waals surface area contributed by atoms with Gasteiger partial charge in [-0.2, -0.15) is 4.39 Å². The van der Waals surface area contributed by atoms with Crippen molar-refractivity contribution in [3.63, 3.8) is 0 Å². The molecule has 0 aliphatic carbocycles. The van der Waals surface area contributed by atoms with Gasteiger partial charge in [0.2, 0.25) is 5.95 Å². The number of morpholine rings is 1. The Kier molecular flexibility index (Phi) is 8.33. The van der Waals surface area contributed by atoms with Crippen molar-refractivity contribution in [1.82, 2.24) is 19.2 Å². The molecule has 0 bridgehead atoms. The molecule has 5 heterocycles. The predicted molar refractivity (Wildman–Crippen MR) is 154 cm³/mol. The zero-order chi connectivity index (χ0) is 29.5. The summed E-state index contributed by atoms with van der Waals surface area (Å²) in [6.07, 6.45) is 3.72. The molecule has 3 aliphatic rings. The molecule has 3 saturated heterocycles. The van der Waals surface area contributed by atoms with Crippen LogP contribution in [0.25, 0.3) is 16.6 Å². The molecule has 2 atom stereocenters. The monoisotopic (exact) mass is 582 g/mol. The van der Waals surface area contributed by atoms with Crippen molar-refractivity contribution in [1.29, 1.82) is 0 Å². The predicted octanol–water partition coefficient (Wildman–Crippen LogP) is 5.03. The molecule has 0 spiro atoms. The van der Waals surface area contributed by atoms with E-state index in [0.29, 0.717) is 67.4 Å². The van der Waals surface area contributed by atoms with Crippen LogP contribution in [0.4, 0.5) is 8.78 Å². The molecule has 0 unspecified atom stereocenters. The average molecular weight is 583 g/mol. The molecule has 226 valence electrons. The zero-order valence-electron chi connectivity index (χ0n) is 24.8. The van der Waals surface area contributed by atoms with Crippen LogP contribution in [0.3, 0.4) is 0 Å². The van der Waals surface area contributed by atoms with Crippen LogP contribution in [-0.2, 0) is 14.2 Å². The first-order valence-electron chi connectivity index (χ1n) is 15.0. The molecule has 0 saturated carbocycles. The standard InChI is InChI=1S/C32H40F2N4O4/c1-19(2)28(7-8-29-41-11-12-42-29)36-15-23(16-36)22-13-26(30-31(34)35-21(4)38(30)17-22)25-6-5-24(33)14-27(25)32(39)37-9-10-40-18-20(37)3/h5-6,13-14,17,19-20,23,28-29H,7-12,15-16,18H2,1-4H3/t20-,28-/m1/s1. The number of nitrogens with zero attached hydrogens (tertiary/aromatic N) is 4. The van der Waals surface area contributed by atoms with Gasteiger partial charge in [0, 0.05) is 43.4 Å². The normalized spacial score (nSPS) is 21.4. The number of aryl methyl sites for hydroxylation is 1. The summed E-state index contributed by atoms with van der Waals surface area (Å²) in [4.78, 5) is 22.1. The van der Waals surface area contributed by atoms with Gasteiger partial charge in [-0.25, -0.2) is 9.37 Å². The lowest BCUT2D eigenvalue weighted by Crippen LogP contribution is -2.52. The van der Waals surface area contributed by atoms with Crippen LogP contribution in [0.15, 0.2) is 30.5 Å². The summed E-state index contributed by atoms with van der Waals surface area (Å²) in [5.41, 5.74) is 2.59. The van der Waals surface area contributed by atoms with Gasteiger partial charge in [0.1, 0.15) is 17.2 Å². The van der Waals surface area contributed by atoms with Gasteiger partial charge in [0.05, 0.1) is 38.0 Å². The molecule has 1 amide bonds. The molecule has 0 N–H and O–H groups in total. The Morgan fingerprint density at radius 2 is 1.86 bits per heavy atom. The molecule has 0 radical (unpaired) electrons. The number of benzene rings is 1. The summed E-state index contributed by atoms with van der Waals surface area (Å²) < 4.78 is 48.5. The van der Waals surface area contributed by atoms with Gasteiger partial charge in [-0.05, 0) is 61.9 Å². The number of rotatable bonds is 8. The van der Waals surface area contributed by atoms with Crippen LogP contribution >= 0.6 is 0 Å². The second kappa shape index (κ2) is 12.0. The molecule has 3 aliphatic heterocycles. The third kappa shape index (κ3) is 5.57. The first-order chi connectivity index (χ1) is 20.2. The number of likely N-dealkylation sites (tertiary alicyclic amines) is 1. The van der Waals surface area contributed by atoms with Crippen molar-refractivity contribution in [2.75, 3.05) is 46.1 Å². The summed E-state index contributed by atoms with van der Waals surface area (Å²) in [6, 6.07) is 6.41. The van der Waals surface area contributed by atoms with Crippen molar-refractivity contribution in [3.8, 4) is 11.1 Å². The minimum atomic E-state index is -0.608. The second-order valence-electron chi connectivity index (χ2n) is 12.2. The number of fused-ring (bicyclic) bond motifs is 1. The van der Waals surface area contributed by atoms with Crippen molar-refractivity contribution in [3.05, 3.63) is 59.2 Å². The Hall–Kier alpha value is -2.92.